The van der Waals surface area contributed by atoms with E-state index < -0.39 is 6.10 Å². The Morgan fingerprint density at radius 3 is 2.29 bits per heavy atom. The summed E-state index contributed by atoms with van der Waals surface area (Å²) >= 11 is 2.25. The predicted molar refractivity (Wildman–Crippen MR) is 91.7 cm³/mol. The van der Waals surface area contributed by atoms with Crippen LogP contribution < -0.4 is 0 Å². The third kappa shape index (κ3) is 3.09. The minimum absolute atomic E-state index is 0.254. The highest BCUT2D eigenvalue weighted by atomic mass is 127. The number of fused-ring (bicyclic) bond motifs is 1. The van der Waals surface area contributed by atoms with Gasteiger partial charge in [-0.3, -0.25) is 0 Å². The van der Waals surface area contributed by atoms with Crippen LogP contribution in [0.4, 0.5) is 4.39 Å². The molecule has 3 aromatic rings. The highest BCUT2D eigenvalue weighted by molar-refractivity contribution is 14.1. The molecule has 3 heteroatoms. The van der Waals surface area contributed by atoms with Crippen molar-refractivity contribution in [3.05, 3.63) is 81.2 Å². The molecule has 0 heterocycles. The highest BCUT2D eigenvalue weighted by Gasteiger charge is 2.13. The fourth-order valence-corrected chi connectivity index (χ4v) is 2.89. The zero-order valence-electron chi connectivity index (χ0n) is 11.3. The van der Waals surface area contributed by atoms with Gasteiger partial charge in [0.05, 0.1) is 6.10 Å². The van der Waals surface area contributed by atoms with Gasteiger partial charge in [0.1, 0.15) is 5.82 Å². The van der Waals surface area contributed by atoms with Crippen molar-refractivity contribution in [3.63, 3.8) is 0 Å². The van der Waals surface area contributed by atoms with Crippen LogP contribution in [-0.4, -0.2) is 5.11 Å². The van der Waals surface area contributed by atoms with Crippen molar-refractivity contribution in [3.8, 4) is 0 Å². The summed E-state index contributed by atoms with van der Waals surface area (Å²) in [6, 6.07) is 18.4. The van der Waals surface area contributed by atoms with E-state index >= 15 is 0 Å². The molecule has 0 saturated heterocycles. The van der Waals surface area contributed by atoms with E-state index in [1.165, 1.54) is 6.07 Å². The summed E-state index contributed by atoms with van der Waals surface area (Å²) in [4.78, 5) is 0. The second-order valence-electron chi connectivity index (χ2n) is 5.03. The van der Waals surface area contributed by atoms with E-state index in [0.29, 0.717) is 11.8 Å². The molecule has 1 atom stereocenters. The normalized spacial score (nSPS) is 12.5. The van der Waals surface area contributed by atoms with Crippen LogP contribution in [0.3, 0.4) is 0 Å². The smallest absolute Gasteiger partial charge is 0.131 e. The van der Waals surface area contributed by atoms with Crippen LogP contribution in [0.15, 0.2) is 60.7 Å². The van der Waals surface area contributed by atoms with E-state index in [0.717, 1.165) is 20.1 Å². The Morgan fingerprint density at radius 2 is 1.57 bits per heavy atom. The molecule has 0 spiro atoms. The summed E-state index contributed by atoms with van der Waals surface area (Å²) in [6.07, 6.45) is -0.123. The van der Waals surface area contributed by atoms with Crippen LogP contribution >= 0.6 is 22.6 Å². The molecule has 21 heavy (non-hydrogen) atoms. The molecule has 0 bridgehead atoms. The minimum Gasteiger partial charge on any atom is -0.388 e. The molecule has 0 fully saturated rings. The van der Waals surface area contributed by atoms with Gasteiger partial charge in [0.25, 0.3) is 0 Å². The molecule has 106 valence electrons. The fraction of sp³-hybridized carbons (Fsp3) is 0.111. The van der Waals surface area contributed by atoms with E-state index in [4.69, 9.17) is 0 Å². The maximum Gasteiger partial charge on any atom is 0.131 e. The first kappa shape index (κ1) is 14.5. The zero-order chi connectivity index (χ0) is 14.8. The Bertz CT molecular complexity index is 768. The Labute approximate surface area is 136 Å². The second-order valence-corrected chi connectivity index (χ2v) is 6.27. The molecule has 3 rings (SSSR count). The van der Waals surface area contributed by atoms with Gasteiger partial charge in [-0.25, -0.2) is 4.39 Å². The number of aliphatic hydroxyl groups is 1. The topological polar surface area (TPSA) is 20.2 Å². The molecule has 0 saturated carbocycles. The van der Waals surface area contributed by atoms with Gasteiger partial charge in [-0.2, -0.15) is 0 Å². The molecule has 0 aliphatic carbocycles. The monoisotopic (exact) mass is 392 g/mol. The van der Waals surface area contributed by atoms with Crippen LogP contribution in [0.5, 0.6) is 0 Å². The highest BCUT2D eigenvalue weighted by Crippen LogP contribution is 2.28. The van der Waals surface area contributed by atoms with Gasteiger partial charge in [0.15, 0.2) is 0 Å². The summed E-state index contributed by atoms with van der Waals surface area (Å²) in [6.45, 7) is 0. The largest absolute Gasteiger partial charge is 0.388 e. The Balaban J connectivity index is 1.96. The van der Waals surface area contributed by atoms with Crippen molar-refractivity contribution in [1.29, 1.82) is 0 Å². The SMILES string of the molecule is OC(Cc1ccc(I)cc1)c1ccc(F)c2ccccc12. The van der Waals surface area contributed by atoms with Gasteiger partial charge < -0.3 is 5.11 Å². The molecule has 0 aliphatic heterocycles. The Hall–Kier alpha value is -1.46. The lowest BCUT2D eigenvalue weighted by atomic mass is 9.96. The van der Waals surface area contributed by atoms with Crippen molar-refractivity contribution in [2.45, 2.75) is 12.5 Å². The van der Waals surface area contributed by atoms with Crippen molar-refractivity contribution < 1.29 is 9.50 Å². The van der Waals surface area contributed by atoms with Gasteiger partial charge in [-0.1, -0.05) is 42.5 Å². The number of rotatable bonds is 3. The standard InChI is InChI=1S/C18H14FIO/c19-17-10-9-16(14-3-1-2-4-15(14)17)18(21)11-12-5-7-13(20)8-6-12/h1-10,18,21H,11H2. The zero-order valence-corrected chi connectivity index (χ0v) is 13.4. The first-order valence-electron chi connectivity index (χ1n) is 6.75. The number of hydrogen-bond donors (Lipinski definition) is 1. The van der Waals surface area contributed by atoms with E-state index in [2.05, 4.69) is 22.6 Å². The summed E-state index contributed by atoms with van der Waals surface area (Å²) in [5.41, 5.74) is 1.84. The van der Waals surface area contributed by atoms with Crippen molar-refractivity contribution in [2.75, 3.05) is 0 Å². The fourth-order valence-electron chi connectivity index (χ4n) is 2.53. The predicted octanol–water partition coefficient (Wildman–Crippen LogP) is 4.86. The number of aliphatic hydroxyl groups excluding tert-OH is 1. The maximum atomic E-state index is 13.8. The van der Waals surface area contributed by atoms with Crippen molar-refractivity contribution in [1.82, 2.24) is 0 Å². The van der Waals surface area contributed by atoms with Crippen LogP contribution in [0.2, 0.25) is 0 Å². The molecule has 0 radical (unpaired) electrons. The van der Waals surface area contributed by atoms with Gasteiger partial charge >= 0.3 is 0 Å². The third-order valence-corrected chi connectivity index (χ3v) is 4.33. The molecule has 1 N–H and O–H groups in total. The average Bonchev–Trinajstić information content (AvgIpc) is 2.50. The molecule has 1 unspecified atom stereocenters. The number of benzene rings is 3. The maximum absolute atomic E-state index is 13.8. The van der Waals surface area contributed by atoms with Gasteiger partial charge in [-0.05, 0) is 57.3 Å². The summed E-state index contributed by atoms with van der Waals surface area (Å²) in [5.74, 6) is -0.254. The van der Waals surface area contributed by atoms with E-state index in [-0.39, 0.29) is 5.82 Å². The number of hydrogen-bond acceptors (Lipinski definition) is 1. The number of halogens is 2. The average molecular weight is 392 g/mol. The van der Waals surface area contributed by atoms with Crippen LogP contribution in [0.1, 0.15) is 17.2 Å². The Morgan fingerprint density at radius 1 is 0.905 bits per heavy atom. The van der Waals surface area contributed by atoms with Crippen molar-refractivity contribution in [2.24, 2.45) is 0 Å². The van der Waals surface area contributed by atoms with Gasteiger partial charge in [0, 0.05) is 15.4 Å². The van der Waals surface area contributed by atoms with E-state index in [1.807, 2.05) is 36.4 Å². The minimum atomic E-state index is -0.643. The van der Waals surface area contributed by atoms with Gasteiger partial charge in [-0.15, -0.1) is 0 Å². The summed E-state index contributed by atoms with van der Waals surface area (Å²) < 4.78 is 15.0. The second kappa shape index (κ2) is 6.12. The molecule has 0 aliphatic rings. The lowest BCUT2D eigenvalue weighted by molar-refractivity contribution is 0.180. The van der Waals surface area contributed by atoms with Crippen LogP contribution in [-0.2, 0) is 6.42 Å². The van der Waals surface area contributed by atoms with E-state index in [9.17, 15) is 9.50 Å². The summed E-state index contributed by atoms with van der Waals surface area (Å²) in [5, 5.41) is 11.8. The third-order valence-electron chi connectivity index (χ3n) is 3.61. The summed E-state index contributed by atoms with van der Waals surface area (Å²) in [7, 11) is 0. The van der Waals surface area contributed by atoms with E-state index in [1.54, 1.807) is 18.2 Å². The van der Waals surface area contributed by atoms with Crippen LogP contribution in [0, 0.1) is 9.39 Å². The molecule has 1 nitrogen and oxygen atoms in total. The Kier molecular flexibility index (Phi) is 4.22. The molecule has 0 amide bonds. The van der Waals surface area contributed by atoms with Crippen LogP contribution in [0.25, 0.3) is 10.8 Å². The van der Waals surface area contributed by atoms with Crippen molar-refractivity contribution >= 4 is 33.4 Å². The molecular formula is C18H14FIO. The first-order chi connectivity index (χ1) is 10.1. The first-order valence-corrected chi connectivity index (χ1v) is 7.82. The molecule has 0 aromatic heterocycles. The lowest BCUT2D eigenvalue weighted by Crippen LogP contribution is -2.03. The quantitative estimate of drug-likeness (QED) is 0.632. The lowest BCUT2D eigenvalue weighted by Gasteiger charge is -2.14. The molecular weight excluding hydrogens is 378 g/mol. The molecule has 3 aromatic carbocycles. The van der Waals surface area contributed by atoms with Gasteiger partial charge in [0.2, 0.25) is 0 Å².